The Bertz CT molecular complexity index is 166. The van der Waals surface area contributed by atoms with Gasteiger partial charge in [-0.1, -0.05) is 20.3 Å². The van der Waals surface area contributed by atoms with Gasteiger partial charge in [0.05, 0.1) is 0 Å². The predicted octanol–water partition coefficient (Wildman–Crippen LogP) is 2.11. The largest absolute Gasteiger partial charge is 0.315 e. The summed E-state index contributed by atoms with van der Waals surface area (Å²) in [4.78, 5) is 2.65. The molecule has 2 nitrogen and oxygen atoms in total. The molecule has 14 heavy (non-hydrogen) atoms. The highest BCUT2D eigenvalue weighted by atomic mass is 15.2. The minimum Gasteiger partial charge on any atom is -0.315 e. The Balaban J connectivity index is 2.55. The van der Waals surface area contributed by atoms with E-state index in [4.69, 9.17) is 0 Å². The van der Waals surface area contributed by atoms with Crippen molar-refractivity contribution in [3.8, 4) is 0 Å². The summed E-state index contributed by atoms with van der Waals surface area (Å²) in [6.07, 6.45) is 2.59. The van der Waals surface area contributed by atoms with E-state index in [9.17, 15) is 0 Å². The maximum Gasteiger partial charge on any atom is 0.0153 e. The van der Waals surface area contributed by atoms with Crippen LogP contribution in [0.15, 0.2) is 0 Å². The lowest BCUT2D eigenvalue weighted by molar-refractivity contribution is 0.106. The van der Waals surface area contributed by atoms with Gasteiger partial charge in [-0.3, -0.25) is 4.90 Å². The van der Waals surface area contributed by atoms with Crippen molar-refractivity contribution in [2.75, 3.05) is 26.2 Å². The highest BCUT2D eigenvalue weighted by Gasteiger charge is 2.27. The molecule has 1 saturated heterocycles. The number of hydrogen-bond acceptors (Lipinski definition) is 2. The van der Waals surface area contributed by atoms with Gasteiger partial charge in [0.1, 0.15) is 0 Å². The first-order valence-corrected chi connectivity index (χ1v) is 6.02. The molecule has 0 radical (unpaired) electrons. The highest BCUT2D eigenvalue weighted by Crippen LogP contribution is 2.22. The van der Waals surface area contributed by atoms with Crippen LogP contribution in [0.1, 0.15) is 40.5 Å². The van der Waals surface area contributed by atoms with E-state index >= 15 is 0 Å². The smallest absolute Gasteiger partial charge is 0.0153 e. The fraction of sp³-hybridized carbons (Fsp3) is 1.00. The summed E-state index contributed by atoms with van der Waals surface area (Å²) in [5.41, 5.74) is 0.384. The van der Waals surface area contributed by atoms with Crippen LogP contribution in [0.4, 0.5) is 0 Å². The molecule has 1 heterocycles. The van der Waals surface area contributed by atoms with Crippen molar-refractivity contribution in [3.05, 3.63) is 0 Å². The Morgan fingerprint density at radius 3 is 2.79 bits per heavy atom. The third kappa shape index (κ3) is 3.25. The van der Waals surface area contributed by atoms with E-state index in [2.05, 4.69) is 37.9 Å². The van der Waals surface area contributed by atoms with E-state index in [1.807, 2.05) is 0 Å². The van der Waals surface area contributed by atoms with Gasteiger partial charge in [0, 0.05) is 25.2 Å². The van der Waals surface area contributed by atoms with Crippen molar-refractivity contribution < 1.29 is 0 Å². The topological polar surface area (TPSA) is 15.3 Å². The molecule has 1 fully saturated rings. The van der Waals surface area contributed by atoms with Crippen molar-refractivity contribution in [1.29, 1.82) is 0 Å². The van der Waals surface area contributed by atoms with Crippen LogP contribution in [0.5, 0.6) is 0 Å². The lowest BCUT2D eigenvalue weighted by atomic mass is 9.95. The van der Waals surface area contributed by atoms with E-state index in [0.29, 0.717) is 5.54 Å². The summed E-state index contributed by atoms with van der Waals surface area (Å²) < 4.78 is 0. The number of nitrogens with zero attached hydrogens (tertiary/aromatic N) is 1. The van der Waals surface area contributed by atoms with Crippen LogP contribution in [0.2, 0.25) is 0 Å². The summed E-state index contributed by atoms with van der Waals surface area (Å²) in [5, 5.41) is 3.50. The van der Waals surface area contributed by atoms with Crippen LogP contribution in [-0.4, -0.2) is 36.6 Å². The fourth-order valence-electron chi connectivity index (χ4n) is 2.41. The molecule has 1 atom stereocenters. The minimum atomic E-state index is 0.384. The zero-order chi connectivity index (χ0) is 10.6. The van der Waals surface area contributed by atoms with Gasteiger partial charge >= 0.3 is 0 Å². The zero-order valence-electron chi connectivity index (χ0n) is 10.3. The average Bonchev–Trinajstić information content (AvgIpc) is 2.30. The first-order chi connectivity index (χ1) is 6.56. The maximum atomic E-state index is 3.50. The van der Waals surface area contributed by atoms with Gasteiger partial charge in [-0.2, -0.15) is 0 Å². The standard InChI is InChI=1S/C12H26N2/c1-5-6-12(3,4)14-8-7-13-9-11(2)10-14/h11,13H,5-10H2,1-4H3. The SMILES string of the molecule is CCCC(C)(C)N1CCNCC(C)C1. The summed E-state index contributed by atoms with van der Waals surface area (Å²) >= 11 is 0. The Morgan fingerprint density at radius 2 is 2.14 bits per heavy atom. The second-order valence-electron chi connectivity index (χ2n) is 5.32. The molecule has 2 heteroatoms. The van der Waals surface area contributed by atoms with Gasteiger partial charge < -0.3 is 5.32 Å². The normalized spacial score (nSPS) is 26.1. The molecule has 1 aliphatic heterocycles. The molecular formula is C12H26N2. The number of rotatable bonds is 3. The molecule has 0 aromatic carbocycles. The molecule has 0 bridgehead atoms. The predicted molar refractivity (Wildman–Crippen MR) is 62.6 cm³/mol. The molecule has 1 N–H and O–H groups in total. The van der Waals surface area contributed by atoms with Gasteiger partial charge in [0.25, 0.3) is 0 Å². The van der Waals surface area contributed by atoms with Crippen molar-refractivity contribution in [3.63, 3.8) is 0 Å². The van der Waals surface area contributed by atoms with E-state index in [-0.39, 0.29) is 0 Å². The van der Waals surface area contributed by atoms with Crippen LogP contribution >= 0.6 is 0 Å². The van der Waals surface area contributed by atoms with Crippen molar-refractivity contribution >= 4 is 0 Å². The van der Waals surface area contributed by atoms with Gasteiger partial charge in [0.2, 0.25) is 0 Å². The Kier molecular flexibility index (Phi) is 4.39. The Morgan fingerprint density at radius 1 is 1.43 bits per heavy atom. The monoisotopic (exact) mass is 198 g/mol. The molecule has 0 aromatic heterocycles. The lowest BCUT2D eigenvalue weighted by Crippen LogP contribution is -2.46. The van der Waals surface area contributed by atoms with Gasteiger partial charge in [0.15, 0.2) is 0 Å². The van der Waals surface area contributed by atoms with E-state index in [0.717, 1.165) is 12.5 Å². The van der Waals surface area contributed by atoms with Crippen molar-refractivity contribution in [2.45, 2.75) is 46.1 Å². The fourth-order valence-corrected chi connectivity index (χ4v) is 2.41. The quantitative estimate of drug-likeness (QED) is 0.747. The summed E-state index contributed by atoms with van der Waals surface area (Å²) in [6.45, 7) is 14.2. The van der Waals surface area contributed by atoms with Crippen LogP contribution in [-0.2, 0) is 0 Å². The Labute approximate surface area is 89.1 Å². The molecule has 84 valence electrons. The van der Waals surface area contributed by atoms with E-state index in [1.165, 1.54) is 32.5 Å². The van der Waals surface area contributed by atoms with Crippen molar-refractivity contribution in [2.24, 2.45) is 5.92 Å². The molecule has 0 saturated carbocycles. The van der Waals surface area contributed by atoms with Crippen molar-refractivity contribution in [1.82, 2.24) is 10.2 Å². The van der Waals surface area contributed by atoms with Gasteiger partial charge in [-0.05, 0) is 32.7 Å². The maximum absolute atomic E-state index is 3.50. The van der Waals surface area contributed by atoms with Crippen LogP contribution in [0.3, 0.4) is 0 Å². The molecule has 0 spiro atoms. The molecule has 0 aromatic rings. The third-order valence-electron chi connectivity index (χ3n) is 3.30. The molecule has 0 amide bonds. The number of hydrogen-bond donors (Lipinski definition) is 1. The number of nitrogens with one attached hydrogen (secondary N) is 1. The molecule has 0 aliphatic carbocycles. The van der Waals surface area contributed by atoms with Crippen LogP contribution in [0, 0.1) is 5.92 Å². The average molecular weight is 198 g/mol. The third-order valence-corrected chi connectivity index (χ3v) is 3.30. The van der Waals surface area contributed by atoms with Gasteiger partial charge in [-0.15, -0.1) is 0 Å². The molecular weight excluding hydrogens is 172 g/mol. The molecule has 1 rings (SSSR count). The van der Waals surface area contributed by atoms with E-state index in [1.54, 1.807) is 0 Å². The van der Waals surface area contributed by atoms with Crippen LogP contribution < -0.4 is 5.32 Å². The van der Waals surface area contributed by atoms with E-state index < -0.39 is 0 Å². The molecule has 1 aliphatic rings. The zero-order valence-corrected chi connectivity index (χ0v) is 10.3. The Hall–Kier alpha value is -0.0800. The van der Waals surface area contributed by atoms with Gasteiger partial charge in [-0.25, -0.2) is 0 Å². The highest BCUT2D eigenvalue weighted by molar-refractivity contribution is 4.84. The second kappa shape index (κ2) is 5.13. The molecule has 1 unspecified atom stereocenters. The first kappa shape index (κ1) is 12.0. The van der Waals surface area contributed by atoms with Crippen LogP contribution in [0.25, 0.3) is 0 Å². The summed E-state index contributed by atoms with van der Waals surface area (Å²) in [7, 11) is 0. The first-order valence-electron chi connectivity index (χ1n) is 6.02. The summed E-state index contributed by atoms with van der Waals surface area (Å²) in [5.74, 6) is 0.786. The summed E-state index contributed by atoms with van der Waals surface area (Å²) in [6, 6.07) is 0. The second-order valence-corrected chi connectivity index (χ2v) is 5.32. The minimum absolute atomic E-state index is 0.384. The lowest BCUT2D eigenvalue weighted by Gasteiger charge is -2.38.